The Morgan fingerprint density at radius 1 is 1.42 bits per heavy atom. The van der Waals surface area contributed by atoms with Crippen LogP contribution in [0.3, 0.4) is 0 Å². The summed E-state index contributed by atoms with van der Waals surface area (Å²) in [6.45, 7) is 4.57. The van der Waals surface area contributed by atoms with Gasteiger partial charge in [-0.3, -0.25) is 4.79 Å². The summed E-state index contributed by atoms with van der Waals surface area (Å²) in [4.78, 5) is 11.1. The second-order valence-corrected chi connectivity index (χ2v) is 6.75. The van der Waals surface area contributed by atoms with E-state index in [9.17, 15) is 13.2 Å². The molecule has 1 aliphatic carbocycles. The van der Waals surface area contributed by atoms with Gasteiger partial charge in [0, 0.05) is 13.1 Å². The van der Waals surface area contributed by atoms with E-state index in [1.54, 1.807) is 6.92 Å². The molecule has 0 unspecified atom stereocenters. The standard InChI is InChI=1S/C12H24N2O4S/c1-3-5-6-11(12(15)16)13-19(17,18)14(4-2)9-10-7-8-10/h10-11,13H,3-9H2,1-2H3,(H,15,16)/t11-/m0/s1. The van der Waals surface area contributed by atoms with E-state index >= 15 is 0 Å². The first-order chi connectivity index (χ1) is 8.90. The fraction of sp³-hybridized carbons (Fsp3) is 0.917. The van der Waals surface area contributed by atoms with Crippen molar-refractivity contribution in [1.29, 1.82) is 0 Å². The molecule has 0 radical (unpaired) electrons. The lowest BCUT2D eigenvalue weighted by Crippen LogP contribution is -2.48. The molecule has 1 rings (SSSR count). The van der Waals surface area contributed by atoms with Crippen molar-refractivity contribution in [3.63, 3.8) is 0 Å². The summed E-state index contributed by atoms with van der Waals surface area (Å²) in [5.41, 5.74) is 0. The molecule has 112 valence electrons. The fourth-order valence-electron chi connectivity index (χ4n) is 1.88. The van der Waals surface area contributed by atoms with Gasteiger partial charge in [0.25, 0.3) is 10.2 Å². The lowest BCUT2D eigenvalue weighted by Gasteiger charge is -2.23. The van der Waals surface area contributed by atoms with Gasteiger partial charge < -0.3 is 5.11 Å². The molecule has 0 heterocycles. The third kappa shape index (κ3) is 5.46. The first kappa shape index (κ1) is 16.4. The van der Waals surface area contributed by atoms with Crippen molar-refractivity contribution in [3.8, 4) is 0 Å². The van der Waals surface area contributed by atoms with E-state index in [1.165, 1.54) is 4.31 Å². The zero-order valence-corrected chi connectivity index (χ0v) is 12.4. The van der Waals surface area contributed by atoms with Gasteiger partial charge in [0.1, 0.15) is 6.04 Å². The maximum absolute atomic E-state index is 12.2. The van der Waals surface area contributed by atoms with Gasteiger partial charge in [-0.1, -0.05) is 26.7 Å². The summed E-state index contributed by atoms with van der Waals surface area (Å²) in [6, 6.07) is -1.03. The van der Waals surface area contributed by atoms with Crippen LogP contribution < -0.4 is 4.72 Å². The van der Waals surface area contributed by atoms with Crippen molar-refractivity contribution >= 4 is 16.2 Å². The van der Waals surface area contributed by atoms with Crippen LogP contribution in [0.5, 0.6) is 0 Å². The number of carbonyl (C=O) groups is 1. The molecule has 7 heteroatoms. The normalized spacial score (nSPS) is 17.6. The van der Waals surface area contributed by atoms with E-state index < -0.39 is 22.2 Å². The first-order valence-electron chi connectivity index (χ1n) is 6.90. The molecule has 0 aromatic heterocycles. The number of hydrogen-bond donors (Lipinski definition) is 2. The SMILES string of the molecule is CCCC[C@H](NS(=O)(=O)N(CC)CC1CC1)C(=O)O. The maximum atomic E-state index is 12.2. The van der Waals surface area contributed by atoms with E-state index in [2.05, 4.69) is 4.72 Å². The molecular weight excluding hydrogens is 268 g/mol. The van der Waals surface area contributed by atoms with Crippen LogP contribution in [0.4, 0.5) is 0 Å². The molecule has 1 saturated carbocycles. The number of nitrogens with zero attached hydrogens (tertiary/aromatic N) is 1. The van der Waals surface area contributed by atoms with E-state index in [1.807, 2.05) is 6.92 Å². The minimum absolute atomic E-state index is 0.325. The number of carboxylic acid groups (broad SMARTS) is 1. The topological polar surface area (TPSA) is 86.7 Å². The Kier molecular flexibility index (Phi) is 6.22. The molecule has 0 aromatic rings. The molecule has 19 heavy (non-hydrogen) atoms. The molecule has 1 atom stereocenters. The molecule has 1 aliphatic rings. The summed E-state index contributed by atoms with van der Waals surface area (Å²) >= 11 is 0. The summed E-state index contributed by atoms with van der Waals surface area (Å²) in [6.07, 6.45) is 3.97. The zero-order valence-electron chi connectivity index (χ0n) is 11.6. The van der Waals surface area contributed by atoms with E-state index in [0.717, 1.165) is 19.3 Å². The molecular formula is C12H24N2O4S. The second-order valence-electron chi connectivity index (χ2n) is 5.05. The Hall–Kier alpha value is -0.660. The minimum Gasteiger partial charge on any atom is -0.480 e. The van der Waals surface area contributed by atoms with Gasteiger partial charge >= 0.3 is 5.97 Å². The number of aliphatic carboxylic acids is 1. The Bertz CT molecular complexity index is 393. The van der Waals surface area contributed by atoms with Gasteiger partial charge in [0.15, 0.2) is 0 Å². The van der Waals surface area contributed by atoms with E-state index in [4.69, 9.17) is 5.11 Å². The fourth-order valence-corrected chi connectivity index (χ4v) is 3.36. The van der Waals surface area contributed by atoms with Crippen LogP contribution in [0.2, 0.25) is 0 Å². The van der Waals surface area contributed by atoms with Gasteiger partial charge in [0.2, 0.25) is 0 Å². The van der Waals surface area contributed by atoms with Crippen molar-refractivity contribution in [2.75, 3.05) is 13.1 Å². The number of carboxylic acids is 1. The Labute approximate surface area is 115 Å². The number of hydrogen-bond acceptors (Lipinski definition) is 3. The molecule has 0 amide bonds. The minimum atomic E-state index is -3.70. The Morgan fingerprint density at radius 2 is 2.05 bits per heavy atom. The van der Waals surface area contributed by atoms with Crippen LogP contribution in [0.15, 0.2) is 0 Å². The van der Waals surface area contributed by atoms with Gasteiger partial charge in [-0.2, -0.15) is 17.4 Å². The third-order valence-corrected chi connectivity index (χ3v) is 4.96. The second kappa shape index (κ2) is 7.21. The van der Waals surface area contributed by atoms with Gasteiger partial charge in [0.05, 0.1) is 0 Å². The average Bonchev–Trinajstić information content (AvgIpc) is 3.14. The van der Waals surface area contributed by atoms with E-state index in [0.29, 0.717) is 31.8 Å². The van der Waals surface area contributed by atoms with Crippen molar-refractivity contribution in [1.82, 2.24) is 9.03 Å². The maximum Gasteiger partial charge on any atom is 0.321 e. The smallest absolute Gasteiger partial charge is 0.321 e. The third-order valence-electron chi connectivity index (χ3n) is 3.29. The van der Waals surface area contributed by atoms with Gasteiger partial charge in [-0.05, 0) is 25.2 Å². The molecule has 1 fully saturated rings. The monoisotopic (exact) mass is 292 g/mol. The number of rotatable bonds is 10. The van der Waals surface area contributed by atoms with Crippen molar-refractivity contribution in [3.05, 3.63) is 0 Å². The summed E-state index contributed by atoms with van der Waals surface area (Å²) < 4.78 is 28.0. The molecule has 0 saturated heterocycles. The molecule has 0 aromatic carbocycles. The first-order valence-corrected chi connectivity index (χ1v) is 8.34. The van der Waals surface area contributed by atoms with Crippen LogP contribution in [0.25, 0.3) is 0 Å². The van der Waals surface area contributed by atoms with Crippen LogP contribution in [-0.4, -0.2) is 42.9 Å². The lowest BCUT2D eigenvalue weighted by molar-refractivity contribution is -0.139. The quantitative estimate of drug-likeness (QED) is 0.633. The average molecular weight is 292 g/mol. The van der Waals surface area contributed by atoms with Gasteiger partial charge in [-0.15, -0.1) is 0 Å². The van der Waals surface area contributed by atoms with Crippen LogP contribution >= 0.6 is 0 Å². The molecule has 6 nitrogen and oxygen atoms in total. The van der Waals surface area contributed by atoms with Crippen LogP contribution in [-0.2, 0) is 15.0 Å². The molecule has 0 spiro atoms. The van der Waals surface area contributed by atoms with Crippen molar-refractivity contribution in [2.24, 2.45) is 5.92 Å². The predicted octanol–water partition coefficient (Wildman–Crippen LogP) is 1.20. The van der Waals surface area contributed by atoms with Gasteiger partial charge in [-0.25, -0.2) is 0 Å². The number of unbranched alkanes of at least 4 members (excludes halogenated alkanes) is 1. The molecule has 0 bridgehead atoms. The Balaban J connectivity index is 2.64. The highest BCUT2D eigenvalue weighted by Crippen LogP contribution is 2.30. The highest BCUT2D eigenvalue weighted by atomic mass is 32.2. The van der Waals surface area contributed by atoms with Crippen LogP contribution in [0.1, 0.15) is 46.0 Å². The summed E-state index contributed by atoms with van der Waals surface area (Å²) in [5, 5.41) is 9.07. The highest BCUT2D eigenvalue weighted by Gasteiger charge is 2.32. The largest absolute Gasteiger partial charge is 0.480 e. The van der Waals surface area contributed by atoms with Crippen LogP contribution in [0, 0.1) is 5.92 Å². The van der Waals surface area contributed by atoms with E-state index in [-0.39, 0.29) is 0 Å². The predicted molar refractivity (Wildman–Crippen MR) is 73.0 cm³/mol. The highest BCUT2D eigenvalue weighted by molar-refractivity contribution is 7.87. The summed E-state index contributed by atoms with van der Waals surface area (Å²) in [7, 11) is -3.70. The summed E-state index contributed by atoms with van der Waals surface area (Å²) in [5.74, 6) is -0.671. The Morgan fingerprint density at radius 3 is 2.47 bits per heavy atom. The molecule has 0 aliphatic heterocycles. The lowest BCUT2D eigenvalue weighted by atomic mass is 10.1. The number of nitrogens with one attached hydrogen (secondary N) is 1. The van der Waals surface area contributed by atoms with Crippen molar-refractivity contribution in [2.45, 2.75) is 52.0 Å². The molecule has 2 N–H and O–H groups in total. The zero-order chi connectivity index (χ0) is 14.5. The van der Waals surface area contributed by atoms with Crippen molar-refractivity contribution < 1.29 is 18.3 Å².